The highest BCUT2D eigenvalue weighted by Gasteiger charge is 2.21. The van der Waals surface area contributed by atoms with Gasteiger partial charge < -0.3 is 14.8 Å². The monoisotopic (exact) mass is 405 g/mol. The van der Waals surface area contributed by atoms with Crippen molar-refractivity contribution in [3.8, 4) is 17.1 Å². The maximum atomic E-state index is 9.83. The standard InChI is InChI=1S/C20H21Cl2N3O2/c21-15-11-16-18(25-20(24-16)13-4-7-23-8-5-13)19(17(15)22)27-9-6-12-2-1-3-14(26)10-12/h4-5,7-8,11-12,14,26H,1-3,6,9-10H2,(H,24,25)/t12-,14-/m1/s1. The van der Waals surface area contributed by atoms with Crippen LogP contribution in [0.1, 0.15) is 32.1 Å². The van der Waals surface area contributed by atoms with Crippen LogP contribution in [0.2, 0.25) is 10.0 Å². The third kappa shape index (κ3) is 4.05. The molecule has 0 aliphatic heterocycles. The number of benzene rings is 1. The molecule has 0 saturated heterocycles. The largest absolute Gasteiger partial charge is 0.490 e. The lowest BCUT2D eigenvalue weighted by Gasteiger charge is -2.25. The first kappa shape index (κ1) is 18.5. The zero-order chi connectivity index (χ0) is 18.8. The molecule has 2 N–H and O–H groups in total. The van der Waals surface area contributed by atoms with Gasteiger partial charge in [0.25, 0.3) is 0 Å². The van der Waals surface area contributed by atoms with E-state index in [4.69, 9.17) is 27.9 Å². The highest BCUT2D eigenvalue weighted by molar-refractivity contribution is 6.44. The number of rotatable bonds is 5. The molecule has 3 aromatic rings. The Labute approximate surface area is 167 Å². The third-order valence-corrected chi connectivity index (χ3v) is 5.88. The number of halogens is 2. The van der Waals surface area contributed by atoms with Crippen molar-refractivity contribution >= 4 is 34.2 Å². The molecule has 2 aromatic heterocycles. The van der Waals surface area contributed by atoms with Crippen molar-refractivity contribution in [2.24, 2.45) is 5.92 Å². The average molecular weight is 406 g/mol. The summed E-state index contributed by atoms with van der Waals surface area (Å²) in [5.41, 5.74) is 2.37. The topological polar surface area (TPSA) is 71.0 Å². The predicted octanol–water partition coefficient (Wildman–Crippen LogP) is 5.25. The first-order valence-electron chi connectivity index (χ1n) is 9.21. The molecule has 0 bridgehead atoms. The number of pyridine rings is 1. The van der Waals surface area contributed by atoms with E-state index in [1.165, 1.54) is 0 Å². The summed E-state index contributed by atoms with van der Waals surface area (Å²) in [6.45, 7) is 0.518. The van der Waals surface area contributed by atoms with Gasteiger partial charge >= 0.3 is 0 Å². The van der Waals surface area contributed by atoms with Crippen LogP contribution in [0.25, 0.3) is 22.4 Å². The van der Waals surface area contributed by atoms with Crippen molar-refractivity contribution in [3.63, 3.8) is 0 Å². The fourth-order valence-electron chi connectivity index (χ4n) is 3.70. The quantitative estimate of drug-likeness (QED) is 0.607. The normalized spacial score (nSPS) is 20.1. The second-order valence-corrected chi connectivity index (χ2v) is 7.83. The summed E-state index contributed by atoms with van der Waals surface area (Å²) in [5, 5.41) is 10.6. The SMILES string of the molecule is O[C@@H]1CCC[C@H](CCOc2c(Cl)c(Cl)cc3[nH]c(-c4ccncc4)nc23)C1. The highest BCUT2D eigenvalue weighted by Crippen LogP contribution is 2.39. The maximum Gasteiger partial charge on any atom is 0.167 e. The summed E-state index contributed by atoms with van der Waals surface area (Å²) in [4.78, 5) is 12.0. The molecular formula is C20H21Cl2N3O2. The van der Waals surface area contributed by atoms with E-state index >= 15 is 0 Å². The molecule has 0 spiro atoms. The summed E-state index contributed by atoms with van der Waals surface area (Å²) >= 11 is 12.7. The number of nitrogens with one attached hydrogen (secondary N) is 1. The van der Waals surface area contributed by atoms with Crippen molar-refractivity contribution in [2.75, 3.05) is 6.61 Å². The van der Waals surface area contributed by atoms with E-state index in [-0.39, 0.29) is 6.10 Å². The average Bonchev–Trinajstić information content (AvgIpc) is 3.09. The minimum absolute atomic E-state index is 0.181. The van der Waals surface area contributed by atoms with E-state index in [2.05, 4.69) is 15.0 Å². The second kappa shape index (κ2) is 8.05. The molecule has 0 unspecified atom stereocenters. The molecule has 1 aliphatic carbocycles. The Kier molecular flexibility index (Phi) is 5.53. The van der Waals surface area contributed by atoms with Crippen LogP contribution in [0.15, 0.2) is 30.6 Å². The van der Waals surface area contributed by atoms with E-state index in [1.807, 2.05) is 12.1 Å². The van der Waals surface area contributed by atoms with E-state index in [1.54, 1.807) is 18.5 Å². The van der Waals surface area contributed by atoms with Gasteiger partial charge in [-0.2, -0.15) is 0 Å². The Morgan fingerprint density at radius 2 is 2.04 bits per heavy atom. The number of imidazole rings is 1. The van der Waals surface area contributed by atoms with Gasteiger partial charge in [-0.25, -0.2) is 4.98 Å². The first-order valence-corrected chi connectivity index (χ1v) is 9.96. The molecule has 142 valence electrons. The molecule has 2 atom stereocenters. The molecule has 27 heavy (non-hydrogen) atoms. The number of aliphatic hydroxyl groups is 1. The second-order valence-electron chi connectivity index (χ2n) is 7.04. The number of aromatic nitrogens is 3. The van der Waals surface area contributed by atoms with Crippen molar-refractivity contribution in [2.45, 2.75) is 38.2 Å². The number of aromatic amines is 1. The lowest BCUT2D eigenvalue weighted by Crippen LogP contribution is -2.21. The van der Waals surface area contributed by atoms with E-state index in [0.29, 0.717) is 39.7 Å². The van der Waals surface area contributed by atoms with Gasteiger partial charge in [-0.3, -0.25) is 4.98 Å². The number of hydrogen-bond donors (Lipinski definition) is 2. The minimum Gasteiger partial charge on any atom is -0.490 e. The number of H-pyrrole nitrogens is 1. The Hall–Kier alpha value is -1.82. The van der Waals surface area contributed by atoms with Crippen LogP contribution in [0, 0.1) is 5.92 Å². The summed E-state index contributed by atoms with van der Waals surface area (Å²) in [7, 11) is 0. The van der Waals surface area contributed by atoms with Gasteiger partial charge in [-0.05, 0) is 43.4 Å². The third-order valence-electron chi connectivity index (χ3n) is 5.11. The maximum absolute atomic E-state index is 9.83. The fraction of sp³-hybridized carbons (Fsp3) is 0.400. The van der Waals surface area contributed by atoms with Crippen LogP contribution < -0.4 is 4.74 Å². The molecule has 4 rings (SSSR count). The molecule has 1 fully saturated rings. The number of nitrogens with zero attached hydrogens (tertiary/aromatic N) is 2. The van der Waals surface area contributed by atoms with E-state index < -0.39 is 0 Å². The number of hydrogen-bond acceptors (Lipinski definition) is 4. The summed E-state index contributed by atoms with van der Waals surface area (Å²) < 4.78 is 6.03. The Morgan fingerprint density at radius 1 is 1.22 bits per heavy atom. The molecular weight excluding hydrogens is 385 g/mol. The zero-order valence-electron chi connectivity index (χ0n) is 14.8. The molecule has 0 radical (unpaired) electrons. The molecule has 1 aromatic carbocycles. The molecule has 0 amide bonds. The molecule has 1 aliphatic rings. The highest BCUT2D eigenvalue weighted by atomic mass is 35.5. The molecule has 1 saturated carbocycles. The number of aliphatic hydroxyl groups excluding tert-OH is 1. The molecule has 5 nitrogen and oxygen atoms in total. The lowest BCUT2D eigenvalue weighted by molar-refractivity contribution is 0.0926. The van der Waals surface area contributed by atoms with Gasteiger partial charge in [0.2, 0.25) is 0 Å². The van der Waals surface area contributed by atoms with Gasteiger partial charge in [-0.1, -0.05) is 36.0 Å². The Bertz CT molecular complexity index is 930. The van der Waals surface area contributed by atoms with Crippen molar-refractivity contribution in [1.82, 2.24) is 15.0 Å². The van der Waals surface area contributed by atoms with Crippen LogP contribution in [-0.2, 0) is 0 Å². The van der Waals surface area contributed by atoms with Crippen LogP contribution in [0.5, 0.6) is 5.75 Å². The first-order chi connectivity index (χ1) is 13.1. The van der Waals surface area contributed by atoms with Crippen molar-refractivity contribution < 1.29 is 9.84 Å². The van der Waals surface area contributed by atoms with E-state index in [9.17, 15) is 5.11 Å². The van der Waals surface area contributed by atoms with Gasteiger partial charge in [0.1, 0.15) is 16.4 Å². The van der Waals surface area contributed by atoms with Gasteiger partial charge in [-0.15, -0.1) is 0 Å². The smallest absolute Gasteiger partial charge is 0.167 e. The van der Waals surface area contributed by atoms with Crippen LogP contribution in [-0.4, -0.2) is 32.8 Å². The Balaban J connectivity index is 1.57. The summed E-state index contributed by atoms with van der Waals surface area (Å²) in [5.74, 6) is 1.70. The predicted molar refractivity (Wildman–Crippen MR) is 107 cm³/mol. The van der Waals surface area contributed by atoms with E-state index in [0.717, 1.165) is 43.2 Å². The fourth-order valence-corrected chi connectivity index (χ4v) is 4.09. The summed E-state index contributed by atoms with van der Waals surface area (Å²) in [6, 6.07) is 5.53. The van der Waals surface area contributed by atoms with Crippen molar-refractivity contribution in [1.29, 1.82) is 0 Å². The van der Waals surface area contributed by atoms with Crippen LogP contribution >= 0.6 is 23.2 Å². The van der Waals surface area contributed by atoms with Gasteiger partial charge in [0, 0.05) is 18.0 Å². The lowest BCUT2D eigenvalue weighted by atomic mass is 9.85. The minimum atomic E-state index is -0.181. The summed E-state index contributed by atoms with van der Waals surface area (Å²) in [6.07, 6.45) is 8.09. The number of ether oxygens (including phenoxy) is 1. The van der Waals surface area contributed by atoms with Gasteiger partial charge in [0.05, 0.1) is 23.3 Å². The van der Waals surface area contributed by atoms with Gasteiger partial charge in [0.15, 0.2) is 5.75 Å². The Morgan fingerprint density at radius 3 is 2.81 bits per heavy atom. The van der Waals surface area contributed by atoms with Crippen LogP contribution in [0.4, 0.5) is 0 Å². The van der Waals surface area contributed by atoms with Crippen molar-refractivity contribution in [3.05, 3.63) is 40.6 Å². The zero-order valence-corrected chi connectivity index (χ0v) is 16.3. The number of fused-ring (bicyclic) bond motifs is 1. The van der Waals surface area contributed by atoms with Crippen LogP contribution in [0.3, 0.4) is 0 Å². The molecule has 2 heterocycles. The molecule has 7 heteroatoms.